The van der Waals surface area contributed by atoms with Crippen molar-refractivity contribution in [2.24, 2.45) is 0 Å². The summed E-state index contributed by atoms with van der Waals surface area (Å²) in [5, 5.41) is 2.99. The molecule has 4 nitrogen and oxygen atoms in total. The quantitative estimate of drug-likeness (QED) is 0.780. The number of carbonyl (C=O) groups excluding carboxylic acids is 3. The monoisotopic (exact) mass is 347 g/mol. The average molecular weight is 348 g/mol. The Morgan fingerprint density at radius 3 is 2.00 bits per heavy atom. The Bertz CT molecular complexity index is 678. The molecular formula is C18H15ClFNO3. The molecule has 2 aromatic rings. The Balaban J connectivity index is 1.77. The van der Waals surface area contributed by atoms with E-state index in [9.17, 15) is 18.8 Å². The van der Waals surface area contributed by atoms with Crippen molar-refractivity contribution in [3.63, 3.8) is 0 Å². The SMILES string of the molecule is O=C(CCC(=O)c1ccc(Cl)cc1)NCC(=O)c1ccc(F)cc1. The second-order valence-corrected chi connectivity index (χ2v) is 5.57. The fourth-order valence-electron chi connectivity index (χ4n) is 2.01. The number of hydrogen-bond acceptors (Lipinski definition) is 3. The summed E-state index contributed by atoms with van der Waals surface area (Å²) in [5.41, 5.74) is 0.795. The lowest BCUT2D eigenvalue weighted by Gasteiger charge is -2.05. The smallest absolute Gasteiger partial charge is 0.220 e. The zero-order valence-corrected chi connectivity index (χ0v) is 13.5. The minimum absolute atomic E-state index is 0.0157. The number of rotatable bonds is 7. The maximum Gasteiger partial charge on any atom is 0.220 e. The Morgan fingerprint density at radius 1 is 0.833 bits per heavy atom. The molecule has 124 valence electrons. The van der Waals surface area contributed by atoms with Crippen LogP contribution in [0.25, 0.3) is 0 Å². The fourth-order valence-corrected chi connectivity index (χ4v) is 2.14. The summed E-state index contributed by atoms with van der Waals surface area (Å²) >= 11 is 5.75. The summed E-state index contributed by atoms with van der Waals surface area (Å²) in [7, 11) is 0. The van der Waals surface area contributed by atoms with Crippen LogP contribution in [0.1, 0.15) is 33.6 Å². The highest BCUT2D eigenvalue weighted by Gasteiger charge is 2.11. The summed E-state index contributed by atoms with van der Waals surface area (Å²) < 4.78 is 12.8. The van der Waals surface area contributed by atoms with E-state index in [-0.39, 0.29) is 31.0 Å². The van der Waals surface area contributed by atoms with Crippen molar-refractivity contribution in [2.75, 3.05) is 6.54 Å². The highest BCUT2D eigenvalue weighted by molar-refractivity contribution is 6.30. The third-order valence-corrected chi connectivity index (χ3v) is 3.61. The van der Waals surface area contributed by atoms with E-state index in [4.69, 9.17) is 11.6 Å². The predicted octanol–water partition coefficient (Wildman–Crippen LogP) is 3.44. The first-order chi connectivity index (χ1) is 11.5. The van der Waals surface area contributed by atoms with E-state index < -0.39 is 11.7 Å². The van der Waals surface area contributed by atoms with Gasteiger partial charge in [-0.2, -0.15) is 0 Å². The van der Waals surface area contributed by atoms with Crippen molar-refractivity contribution < 1.29 is 18.8 Å². The zero-order chi connectivity index (χ0) is 17.5. The first-order valence-corrected chi connectivity index (χ1v) is 7.68. The van der Waals surface area contributed by atoms with Crippen molar-refractivity contribution >= 4 is 29.1 Å². The lowest BCUT2D eigenvalue weighted by atomic mass is 10.1. The molecule has 0 unspecified atom stereocenters. The minimum atomic E-state index is -0.434. The molecule has 0 aromatic heterocycles. The molecule has 2 aromatic carbocycles. The van der Waals surface area contributed by atoms with Gasteiger partial charge in [0, 0.05) is 29.0 Å². The zero-order valence-electron chi connectivity index (χ0n) is 12.7. The van der Waals surface area contributed by atoms with Gasteiger partial charge in [-0.3, -0.25) is 14.4 Å². The van der Waals surface area contributed by atoms with E-state index in [1.54, 1.807) is 24.3 Å². The van der Waals surface area contributed by atoms with Gasteiger partial charge in [0.2, 0.25) is 5.91 Å². The normalized spacial score (nSPS) is 10.2. The molecule has 0 saturated heterocycles. The van der Waals surface area contributed by atoms with E-state index in [2.05, 4.69) is 5.32 Å². The molecule has 0 aliphatic heterocycles. The van der Waals surface area contributed by atoms with E-state index in [0.717, 1.165) is 0 Å². The van der Waals surface area contributed by atoms with Crippen LogP contribution in [0.15, 0.2) is 48.5 Å². The van der Waals surface area contributed by atoms with Gasteiger partial charge in [-0.15, -0.1) is 0 Å². The predicted molar refractivity (Wildman–Crippen MR) is 88.8 cm³/mol. The van der Waals surface area contributed by atoms with Crippen LogP contribution in [-0.4, -0.2) is 24.0 Å². The number of carbonyl (C=O) groups is 3. The van der Waals surface area contributed by atoms with E-state index in [1.165, 1.54) is 24.3 Å². The molecule has 1 N–H and O–H groups in total. The molecule has 0 bridgehead atoms. The molecule has 0 spiro atoms. The van der Waals surface area contributed by atoms with Gasteiger partial charge in [-0.1, -0.05) is 11.6 Å². The van der Waals surface area contributed by atoms with Crippen LogP contribution < -0.4 is 5.32 Å². The minimum Gasteiger partial charge on any atom is -0.349 e. The Kier molecular flexibility index (Phi) is 6.21. The van der Waals surface area contributed by atoms with Crippen LogP contribution in [0.5, 0.6) is 0 Å². The topological polar surface area (TPSA) is 63.2 Å². The summed E-state index contributed by atoms with van der Waals surface area (Å²) in [4.78, 5) is 35.5. The molecule has 1 amide bonds. The summed E-state index contributed by atoms with van der Waals surface area (Å²) in [6.07, 6.45) is 0.0242. The van der Waals surface area contributed by atoms with Crippen LogP contribution in [0.3, 0.4) is 0 Å². The van der Waals surface area contributed by atoms with Crippen LogP contribution >= 0.6 is 11.6 Å². The summed E-state index contributed by atoms with van der Waals surface area (Å²) in [6.45, 7) is -0.195. The van der Waals surface area contributed by atoms with Crippen LogP contribution in [-0.2, 0) is 4.79 Å². The molecule has 0 aliphatic rings. The van der Waals surface area contributed by atoms with Gasteiger partial charge >= 0.3 is 0 Å². The molecule has 0 fully saturated rings. The molecule has 0 aliphatic carbocycles. The first kappa shape index (κ1) is 17.8. The number of nitrogens with one attached hydrogen (secondary N) is 1. The first-order valence-electron chi connectivity index (χ1n) is 7.30. The standard InChI is InChI=1S/C18H15ClFNO3/c19-14-5-1-12(2-6-14)16(22)9-10-18(24)21-11-17(23)13-3-7-15(20)8-4-13/h1-8H,9-11H2,(H,21,24). The number of amides is 1. The number of hydrogen-bond donors (Lipinski definition) is 1. The molecule has 0 saturated carbocycles. The van der Waals surface area contributed by atoms with Gasteiger partial charge in [0.1, 0.15) is 5.82 Å². The number of ketones is 2. The maximum atomic E-state index is 12.8. The highest BCUT2D eigenvalue weighted by Crippen LogP contribution is 2.12. The average Bonchev–Trinajstić information content (AvgIpc) is 2.58. The van der Waals surface area contributed by atoms with Crippen LogP contribution in [0.4, 0.5) is 4.39 Å². The van der Waals surface area contributed by atoms with Gasteiger partial charge in [0.25, 0.3) is 0 Å². The lowest BCUT2D eigenvalue weighted by Crippen LogP contribution is -2.29. The van der Waals surface area contributed by atoms with Crippen LogP contribution in [0.2, 0.25) is 5.02 Å². The second-order valence-electron chi connectivity index (χ2n) is 5.14. The summed E-state index contributed by atoms with van der Waals surface area (Å²) in [5.74, 6) is -1.33. The second kappa shape index (κ2) is 8.36. The van der Waals surface area contributed by atoms with Crippen molar-refractivity contribution in [1.29, 1.82) is 0 Å². The molecule has 0 radical (unpaired) electrons. The third-order valence-electron chi connectivity index (χ3n) is 3.36. The number of halogens is 2. The van der Waals surface area contributed by atoms with Crippen molar-refractivity contribution in [2.45, 2.75) is 12.8 Å². The molecule has 2 rings (SSSR count). The van der Waals surface area contributed by atoms with E-state index in [0.29, 0.717) is 16.1 Å². The largest absolute Gasteiger partial charge is 0.349 e. The maximum absolute atomic E-state index is 12.8. The molecule has 6 heteroatoms. The summed E-state index contributed by atoms with van der Waals surface area (Å²) in [6, 6.07) is 11.5. The fraction of sp³-hybridized carbons (Fsp3) is 0.167. The van der Waals surface area contributed by atoms with Gasteiger partial charge in [0.05, 0.1) is 6.54 Å². The van der Waals surface area contributed by atoms with Gasteiger partial charge in [-0.25, -0.2) is 4.39 Å². The third kappa shape index (κ3) is 5.28. The van der Waals surface area contributed by atoms with Crippen LogP contribution in [0, 0.1) is 5.82 Å². The number of Topliss-reactive ketones (excluding diaryl/α,β-unsaturated/α-hetero) is 2. The van der Waals surface area contributed by atoms with E-state index >= 15 is 0 Å². The van der Waals surface area contributed by atoms with Gasteiger partial charge in [-0.05, 0) is 48.5 Å². The van der Waals surface area contributed by atoms with Crippen molar-refractivity contribution in [1.82, 2.24) is 5.32 Å². The van der Waals surface area contributed by atoms with Gasteiger partial charge < -0.3 is 5.32 Å². The van der Waals surface area contributed by atoms with E-state index in [1.807, 2.05) is 0 Å². The molecule has 24 heavy (non-hydrogen) atoms. The van der Waals surface area contributed by atoms with Crippen molar-refractivity contribution in [3.8, 4) is 0 Å². The Hall–Kier alpha value is -2.53. The molecule has 0 atom stereocenters. The molecule has 0 heterocycles. The van der Waals surface area contributed by atoms with Gasteiger partial charge in [0.15, 0.2) is 11.6 Å². The number of benzene rings is 2. The van der Waals surface area contributed by atoms with Crippen molar-refractivity contribution in [3.05, 3.63) is 70.5 Å². The Morgan fingerprint density at radius 2 is 1.38 bits per heavy atom. The highest BCUT2D eigenvalue weighted by atomic mass is 35.5. The lowest BCUT2D eigenvalue weighted by molar-refractivity contribution is -0.120. The molecular weight excluding hydrogens is 333 g/mol. The Labute approximate surface area is 143 Å².